The quantitative estimate of drug-likeness (QED) is 0.451. The summed E-state index contributed by atoms with van der Waals surface area (Å²) in [7, 11) is 1.40. The van der Waals surface area contributed by atoms with Crippen LogP contribution >= 0.6 is 0 Å². The van der Waals surface area contributed by atoms with Crippen LogP contribution in [0.3, 0.4) is 0 Å². The fourth-order valence-electron chi connectivity index (χ4n) is 2.69. The summed E-state index contributed by atoms with van der Waals surface area (Å²) in [5.41, 5.74) is 0.526. The van der Waals surface area contributed by atoms with Gasteiger partial charge in [-0.1, -0.05) is 0 Å². The summed E-state index contributed by atoms with van der Waals surface area (Å²) in [6, 6.07) is 2.68. The third-order valence-electron chi connectivity index (χ3n) is 3.95. The Bertz CT molecular complexity index is 516. The van der Waals surface area contributed by atoms with E-state index >= 15 is 0 Å². The molecule has 0 unspecified atom stereocenters. The molecule has 1 aromatic rings. The zero-order valence-electron chi connectivity index (χ0n) is 12.9. The van der Waals surface area contributed by atoms with Crippen LogP contribution in [-0.2, 0) is 6.42 Å². The molecule has 7 nitrogen and oxygen atoms in total. The number of nitro benzene ring substituents is 1. The standard InChI is InChI=1S/C15H23N3O4/c1-22-14-11-13(18(20)21)10-12(15(14)19)4-2-3-7-17-8-5-16-6-9-17/h10-11,16,19H,2-9H2,1H3. The number of hydrogen-bond acceptors (Lipinski definition) is 6. The van der Waals surface area contributed by atoms with Crippen molar-refractivity contribution in [1.29, 1.82) is 0 Å². The van der Waals surface area contributed by atoms with Gasteiger partial charge in [-0.05, 0) is 25.8 Å². The van der Waals surface area contributed by atoms with Crippen LogP contribution < -0.4 is 10.1 Å². The molecule has 22 heavy (non-hydrogen) atoms. The van der Waals surface area contributed by atoms with Crippen LogP contribution in [-0.4, -0.2) is 54.8 Å². The Hall–Kier alpha value is -1.86. The highest BCUT2D eigenvalue weighted by Gasteiger charge is 2.16. The van der Waals surface area contributed by atoms with Crippen LogP contribution in [0.1, 0.15) is 18.4 Å². The van der Waals surface area contributed by atoms with E-state index in [1.807, 2.05) is 0 Å². The summed E-state index contributed by atoms with van der Waals surface area (Å²) in [6.07, 6.45) is 2.49. The molecule has 0 radical (unpaired) electrons. The van der Waals surface area contributed by atoms with Crippen molar-refractivity contribution in [2.75, 3.05) is 39.8 Å². The number of piperazine rings is 1. The maximum absolute atomic E-state index is 10.9. The van der Waals surface area contributed by atoms with Gasteiger partial charge in [0.25, 0.3) is 5.69 Å². The van der Waals surface area contributed by atoms with Crippen molar-refractivity contribution >= 4 is 5.69 Å². The number of aryl methyl sites for hydroxylation is 1. The largest absolute Gasteiger partial charge is 0.504 e. The molecule has 0 bridgehead atoms. The molecule has 0 amide bonds. The van der Waals surface area contributed by atoms with Crippen molar-refractivity contribution in [2.45, 2.75) is 19.3 Å². The number of benzene rings is 1. The van der Waals surface area contributed by atoms with Crippen LogP contribution in [0.5, 0.6) is 11.5 Å². The highest BCUT2D eigenvalue weighted by Crippen LogP contribution is 2.35. The molecule has 1 aliphatic rings. The lowest BCUT2D eigenvalue weighted by molar-refractivity contribution is -0.385. The van der Waals surface area contributed by atoms with Crippen LogP contribution in [0.15, 0.2) is 12.1 Å². The number of nitro groups is 1. The van der Waals surface area contributed by atoms with E-state index in [2.05, 4.69) is 10.2 Å². The van der Waals surface area contributed by atoms with Crippen LogP contribution in [0, 0.1) is 10.1 Å². The molecule has 1 heterocycles. The normalized spacial score (nSPS) is 15.7. The Morgan fingerprint density at radius 2 is 2.09 bits per heavy atom. The van der Waals surface area contributed by atoms with Crippen LogP contribution in [0.25, 0.3) is 0 Å². The van der Waals surface area contributed by atoms with Gasteiger partial charge in [0.1, 0.15) is 0 Å². The number of ether oxygens (including phenoxy) is 1. The number of aromatic hydroxyl groups is 1. The van der Waals surface area contributed by atoms with Gasteiger partial charge in [-0.3, -0.25) is 10.1 Å². The molecule has 1 aliphatic heterocycles. The van der Waals surface area contributed by atoms with Crippen molar-refractivity contribution in [3.05, 3.63) is 27.8 Å². The topological polar surface area (TPSA) is 87.9 Å². The molecule has 0 aromatic heterocycles. The third-order valence-corrected chi connectivity index (χ3v) is 3.95. The number of nitrogens with one attached hydrogen (secondary N) is 1. The number of hydrogen-bond donors (Lipinski definition) is 2. The predicted octanol–water partition coefficient (Wildman–Crippen LogP) is 1.54. The number of unbranched alkanes of at least 4 members (excludes halogenated alkanes) is 1. The SMILES string of the molecule is COc1cc([N+](=O)[O-])cc(CCCCN2CCNCC2)c1O. The fourth-order valence-corrected chi connectivity index (χ4v) is 2.69. The molecule has 1 aromatic carbocycles. The summed E-state index contributed by atoms with van der Waals surface area (Å²) in [5, 5.41) is 24.3. The first-order valence-corrected chi connectivity index (χ1v) is 7.59. The highest BCUT2D eigenvalue weighted by atomic mass is 16.6. The third kappa shape index (κ3) is 4.32. The molecule has 2 N–H and O–H groups in total. The zero-order chi connectivity index (χ0) is 15.9. The van der Waals surface area contributed by atoms with Gasteiger partial charge in [-0.15, -0.1) is 0 Å². The van der Waals surface area contributed by atoms with Gasteiger partial charge in [0, 0.05) is 37.8 Å². The maximum Gasteiger partial charge on any atom is 0.273 e. The van der Waals surface area contributed by atoms with E-state index in [0.717, 1.165) is 45.6 Å². The second-order valence-corrected chi connectivity index (χ2v) is 5.46. The molecule has 0 aliphatic carbocycles. The minimum atomic E-state index is -0.466. The van der Waals surface area contributed by atoms with Crippen LogP contribution in [0.2, 0.25) is 0 Å². The summed E-state index contributed by atoms with van der Waals surface area (Å²) in [6.45, 7) is 5.21. The fraction of sp³-hybridized carbons (Fsp3) is 0.600. The van der Waals surface area contributed by atoms with Gasteiger partial charge in [0.15, 0.2) is 11.5 Å². The minimum Gasteiger partial charge on any atom is -0.504 e. The molecule has 122 valence electrons. The van der Waals surface area contributed by atoms with Gasteiger partial charge in [-0.25, -0.2) is 0 Å². The lowest BCUT2D eigenvalue weighted by Gasteiger charge is -2.27. The van der Waals surface area contributed by atoms with E-state index in [1.165, 1.54) is 19.2 Å². The summed E-state index contributed by atoms with van der Waals surface area (Å²) in [5.74, 6) is 0.168. The van der Waals surface area contributed by atoms with Crippen LogP contribution in [0.4, 0.5) is 5.69 Å². The van der Waals surface area contributed by atoms with Crippen molar-refractivity contribution in [3.63, 3.8) is 0 Å². The Labute approximate surface area is 130 Å². The average molecular weight is 309 g/mol. The monoisotopic (exact) mass is 309 g/mol. The lowest BCUT2D eigenvalue weighted by Crippen LogP contribution is -2.43. The van der Waals surface area contributed by atoms with Crippen molar-refractivity contribution < 1.29 is 14.8 Å². The van der Waals surface area contributed by atoms with Crippen molar-refractivity contribution in [1.82, 2.24) is 10.2 Å². The van der Waals surface area contributed by atoms with Gasteiger partial charge in [0.2, 0.25) is 0 Å². The maximum atomic E-state index is 10.9. The van der Waals surface area contributed by atoms with Gasteiger partial charge < -0.3 is 20.1 Å². The minimum absolute atomic E-state index is 0.00951. The number of rotatable bonds is 7. The van der Waals surface area contributed by atoms with E-state index in [0.29, 0.717) is 12.0 Å². The number of nitrogens with zero attached hydrogens (tertiary/aromatic N) is 2. The molecule has 1 fully saturated rings. The number of phenols is 1. The summed E-state index contributed by atoms with van der Waals surface area (Å²) < 4.78 is 5.01. The first-order valence-electron chi connectivity index (χ1n) is 7.59. The second-order valence-electron chi connectivity index (χ2n) is 5.46. The predicted molar refractivity (Wildman–Crippen MR) is 83.6 cm³/mol. The second kappa shape index (κ2) is 7.95. The zero-order valence-corrected chi connectivity index (χ0v) is 12.9. The van der Waals surface area contributed by atoms with Crippen molar-refractivity contribution in [2.24, 2.45) is 0 Å². The highest BCUT2D eigenvalue weighted by molar-refractivity contribution is 5.53. The van der Waals surface area contributed by atoms with E-state index in [4.69, 9.17) is 4.74 Å². The first kappa shape index (κ1) is 16.5. The summed E-state index contributed by atoms with van der Waals surface area (Å²) in [4.78, 5) is 12.9. The summed E-state index contributed by atoms with van der Waals surface area (Å²) >= 11 is 0. The molecule has 0 atom stereocenters. The van der Waals surface area contributed by atoms with E-state index in [-0.39, 0.29) is 17.2 Å². The Morgan fingerprint density at radius 3 is 2.73 bits per heavy atom. The Balaban J connectivity index is 1.90. The molecule has 0 spiro atoms. The first-order chi connectivity index (χ1) is 10.6. The Kier molecular flexibility index (Phi) is 5.97. The lowest BCUT2D eigenvalue weighted by atomic mass is 10.1. The van der Waals surface area contributed by atoms with Crippen molar-refractivity contribution in [3.8, 4) is 11.5 Å². The van der Waals surface area contributed by atoms with E-state index in [9.17, 15) is 15.2 Å². The van der Waals surface area contributed by atoms with Gasteiger partial charge in [-0.2, -0.15) is 0 Å². The molecule has 1 saturated heterocycles. The van der Waals surface area contributed by atoms with E-state index in [1.54, 1.807) is 0 Å². The smallest absolute Gasteiger partial charge is 0.273 e. The molecule has 2 rings (SSSR count). The van der Waals surface area contributed by atoms with E-state index < -0.39 is 4.92 Å². The Morgan fingerprint density at radius 1 is 1.36 bits per heavy atom. The molecular weight excluding hydrogens is 286 g/mol. The molecule has 0 saturated carbocycles. The van der Waals surface area contributed by atoms with Gasteiger partial charge >= 0.3 is 0 Å². The number of non-ortho nitro benzene ring substituents is 1. The number of phenolic OH excluding ortho intramolecular Hbond substituents is 1. The number of methoxy groups -OCH3 is 1. The molecular formula is C15H23N3O4. The average Bonchev–Trinajstić information content (AvgIpc) is 2.53. The van der Waals surface area contributed by atoms with Gasteiger partial charge in [0.05, 0.1) is 18.1 Å². The molecule has 7 heteroatoms.